The number of carbonyl (C=O) groups excluding carboxylic acids is 2. The zero-order valence-electron chi connectivity index (χ0n) is 20.9. The molecule has 6 rings (SSSR count). The predicted molar refractivity (Wildman–Crippen MR) is 127 cm³/mol. The van der Waals surface area contributed by atoms with Crippen LogP contribution < -0.4 is 10.9 Å². The van der Waals surface area contributed by atoms with Gasteiger partial charge in [0.25, 0.3) is 5.92 Å². The van der Waals surface area contributed by atoms with Crippen molar-refractivity contribution in [3.05, 3.63) is 51.3 Å². The maximum absolute atomic E-state index is 14.0. The van der Waals surface area contributed by atoms with Crippen molar-refractivity contribution in [3.63, 3.8) is 0 Å². The van der Waals surface area contributed by atoms with E-state index in [0.717, 1.165) is 12.5 Å². The quantitative estimate of drug-likeness (QED) is 0.604. The van der Waals surface area contributed by atoms with Crippen molar-refractivity contribution < 1.29 is 23.1 Å². The van der Waals surface area contributed by atoms with Crippen molar-refractivity contribution in [2.45, 2.75) is 64.9 Å². The Bertz CT molecular complexity index is 1300. The summed E-state index contributed by atoms with van der Waals surface area (Å²) in [6.07, 6.45) is 2.65. The number of rotatable bonds is 6. The number of nitrogens with zero attached hydrogens (tertiary/aromatic N) is 3. The van der Waals surface area contributed by atoms with Gasteiger partial charge in [0.05, 0.1) is 17.5 Å². The van der Waals surface area contributed by atoms with E-state index in [1.54, 1.807) is 33.2 Å². The first-order valence-corrected chi connectivity index (χ1v) is 12.2. The molecule has 8 nitrogen and oxygen atoms in total. The highest BCUT2D eigenvalue weighted by Crippen LogP contribution is 2.78. The molecule has 10 heteroatoms. The molecule has 4 aliphatic rings. The Kier molecular flexibility index (Phi) is 5.66. The number of nitrogens with one attached hydrogen (secondary N) is 1. The molecule has 3 heterocycles. The average Bonchev–Trinajstić information content (AvgIpc) is 2.75. The van der Waals surface area contributed by atoms with E-state index in [4.69, 9.17) is 4.74 Å². The van der Waals surface area contributed by atoms with Gasteiger partial charge in [-0.2, -0.15) is 0 Å². The zero-order chi connectivity index (χ0) is 26.0. The minimum atomic E-state index is -2.83. The van der Waals surface area contributed by atoms with E-state index in [1.807, 2.05) is 0 Å². The number of carbonyl (C=O) groups is 2. The number of ether oxygens (including phenoxy) is 1. The van der Waals surface area contributed by atoms with Crippen LogP contribution in [0.15, 0.2) is 23.1 Å². The molecule has 4 fully saturated rings. The van der Waals surface area contributed by atoms with Gasteiger partial charge in [-0.1, -0.05) is 0 Å². The standard InChI is InChI=1S/C26H30F2N4O4/c1-14-15(2)30-22(20(29-14)21(34)25-11-26(12-25,13-25)24(3,27)28)31-23(35)16-7-8-36-18(9-16)17-5-6-19(33)32(4)10-17/h5-6,10,16,18H,7-9,11-13H2,1-4H3,(H,30,31,35)/t16-,18+,25?,26?/m0/s1. The van der Waals surface area contributed by atoms with Crippen LogP contribution in [0, 0.1) is 30.6 Å². The van der Waals surface area contributed by atoms with Crippen molar-refractivity contribution in [3.8, 4) is 0 Å². The molecule has 2 aromatic rings. The van der Waals surface area contributed by atoms with Gasteiger partial charge in [-0.05, 0) is 64.5 Å². The molecule has 3 saturated carbocycles. The predicted octanol–water partition coefficient (Wildman–Crippen LogP) is 3.91. The molecule has 0 radical (unpaired) electrons. The molecule has 2 bridgehead atoms. The average molecular weight is 501 g/mol. The second-order valence-electron chi connectivity index (χ2n) is 10.9. The summed E-state index contributed by atoms with van der Waals surface area (Å²) in [5, 5.41) is 2.81. The number of hydrogen-bond donors (Lipinski definition) is 1. The van der Waals surface area contributed by atoms with Crippen LogP contribution in [-0.4, -0.2) is 38.8 Å². The normalized spacial score (nSPS) is 29.2. The minimum Gasteiger partial charge on any atom is -0.373 e. The van der Waals surface area contributed by atoms with Crippen molar-refractivity contribution in [1.29, 1.82) is 0 Å². The second kappa shape index (κ2) is 8.26. The van der Waals surface area contributed by atoms with Gasteiger partial charge in [0.15, 0.2) is 11.6 Å². The first-order chi connectivity index (χ1) is 16.8. The lowest BCUT2D eigenvalue weighted by Gasteiger charge is -2.71. The highest BCUT2D eigenvalue weighted by molar-refractivity contribution is 6.07. The number of halogens is 2. The summed E-state index contributed by atoms with van der Waals surface area (Å²) in [6.45, 7) is 4.75. The van der Waals surface area contributed by atoms with Crippen molar-refractivity contribution in [1.82, 2.24) is 14.5 Å². The van der Waals surface area contributed by atoms with E-state index >= 15 is 0 Å². The fraction of sp³-hybridized carbons (Fsp3) is 0.577. The van der Waals surface area contributed by atoms with E-state index in [2.05, 4.69) is 15.3 Å². The third-order valence-corrected chi connectivity index (χ3v) is 8.34. The molecular formula is C26H30F2N4O4. The summed E-state index contributed by atoms with van der Waals surface area (Å²) in [6, 6.07) is 3.17. The van der Waals surface area contributed by atoms with Gasteiger partial charge in [0.1, 0.15) is 5.69 Å². The van der Waals surface area contributed by atoms with Gasteiger partial charge in [-0.25, -0.2) is 18.7 Å². The second-order valence-corrected chi connectivity index (χ2v) is 10.9. The van der Waals surface area contributed by atoms with Gasteiger partial charge in [0.2, 0.25) is 11.5 Å². The summed E-state index contributed by atoms with van der Waals surface area (Å²) in [5.41, 5.74) is -0.0980. The fourth-order valence-corrected chi connectivity index (χ4v) is 5.89. The zero-order valence-corrected chi connectivity index (χ0v) is 20.9. The van der Waals surface area contributed by atoms with Crippen molar-refractivity contribution in [2.75, 3.05) is 11.9 Å². The molecule has 1 N–H and O–H groups in total. The van der Waals surface area contributed by atoms with Crippen molar-refractivity contribution in [2.24, 2.45) is 23.8 Å². The molecule has 1 saturated heterocycles. The first kappa shape index (κ1) is 24.7. The number of aromatic nitrogens is 3. The monoisotopic (exact) mass is 500 g/mol. The highest BCUT2D eigenvalue weighted by atomic mass is 19.3. The molecule has 3 aliphatic carbocycles. The first-order valence-electron chi connectivity index (χ1n) is 12.2. The number of alkyl halides is 2. The Morgan fingerprint density at radius 2 is 1.83 bits per heavy atom. The molecule has 36 heavy (non-hydrogen) atoms. The largest absolute Gasteiger partial charge is 0.373 e. The summed E-state index contributed by atoms with van der Waals surface area (Å²) in [7, 11) is 1.66. The number of hydrogen-bond acceptors (Lipinski definition) is 6. The number of ketones is 1. The third kappa shape index (κ3) is 3.86. The van der Waals surface area contributed by atoms with Crippen molar-refractivity contribution >= 4 is 17.5 Å². The van der Waals surface area contributed by atoms with E-state index in [9.17, 15) is 23.2 Å². The molecule has 0 aromatic carbocycles. The lowest BCUT2D eigenvalue weighted by atomic mass is 9.32. The minimum absolute atomic E-state index is 0.0424. The smallest absolute Gasteiger partial charge is 0.251 e. The van der Waals surface area contributed by atoms with E-state index < -0.39 is 22.7 Å². The summed E-state index contributed by atoms with van der Waals surface area (Å²) in [4.78, 5) is 47.3. The molecule has 2 aromatic heterocycles. The molecule has 0 spiro atoms. The van der Waals surface area contributed by atoms with E-state index in [0.29, 0.717) is 30.8 Å². The molecule has 1 amide bonds. The maximum Gasteiger partial charge on any atom is 0.251 e. The van der Waals surface area contributed by atoms with Gasteiger partial charge in [-0.3, -0.25) is 14.4 Å². The summed E-state index contributed by atoms with van der Waals surface area (Å²) in [5.74, 6) is -3.76. The van der Waals surface area contributed by atoms with Gasteiger partial charge < -0.3 is 14.6 Å². The van der Waals surface area contributed by atoms with Crippen LogP contribution in [0.4, 0.5) is 14.6 Å². The lowest BCUT2D eigenvalue weighted by molar-refractivity contribution is -0.285. The molecule has 192 valence electrons. The molecule has 0 unspecified atom stereocenters. The number of pyridine rings is 1. The Morgan fingerprint density at radius 1 is 1.17 bits per heavy atom. The lowest BCUT2D eigenvalue weighted by Crippen LogP contribution is -2.71. The Labute approximate surface area is 207 Å². The Morgan fingerprint density at radius 3 is 2.47 bits per heavy atom. The van der Waals surface area contributed by atoms with Crippen LogP contribution in [-0.2, 0) is 16.6 Å². The number of anilines is 1. The van der Waals surface area contributed by atoms with Crippen LogP contribution in [0.3, 0.4) is 0 Å². The van der Waals surface area contributed by atoms with Gasteiger partial charge >= 0.3 is 0 Å². The Hall–Kier alpha value is -3.01. The van der Waals surface area contributed by atoms with Crippen LogP contribution in [0.1, 0.15) is 72.6 Å². The molecule has 1 aliphatic heterocycles. The topological polar surface area (TPSA) is 103 Å². The number of aryl methyl sites for hydroxylation is 3. The molecular weight excluding hydrogens is 470 g/mol. The van der Waals surface area contributed by atoms with E-state index in [-0.39, 0.29) is 54.1 Å². The van der Waals surface area contributed by atoms with Gasteiger partial charge in [0, 0.05) is 42.7 Å². The van der Waals surface area contributed by atoms with Crippen LogP contribution in [0.5, 0.6) is 0 Å². The highest BCUT2D eigenvalue weighted by Gasteiger charge is 2.78. The van der Waals surface area contributed by atoms with E-state index in [1.165, 1.54) is 10.6 Å². The van der Waals surface area contributed by atoms with Gasteiger partial charge in [-0.15, -0.1) is 0 Å². The van der Waals surface area contributed by atoms with Crippen LogP contribution in [0.2, 0.25) is 0 Å². The number of amides is 1. The van der Waals surface area contributed by atoms with Crippen LogP contribution in [0.25, 0.3) is 0 Å². The maximum atomic E-state index is 14.0. The summed E-state index contributed by atoms with van der Waals surface area (Å²) >= 11 is 0. The third-order valence-electron chi connectivity index (χ3n) is 8.34. The SMILES string of the molecule is Cc1nc(NC(=O)[C@H]2CCO[C@@H](c3ccc(=O)n(C)c3)C2)c(C(=O)C23CC(C(C)(F)F)(C2)C3)nc1C. The number of Topliss-reactive ketones (excluding diaryl/α,β-unsaturated/α-hetero) is 1. The summed E-state index contributed by atoms with van der Waals surface area (Å²) < 4.78 is 35.3. The molecule has 2 atom stereocenters. The fourth-order valence-electron chi connectivity index (χ4n) is 5.89. The Balaban J connectivity index is 1.34. The van der Waals surface area contributed by atoms with Crippen LogP contribution >= 0.6 is 0 Å².